The van der Waals surface area contributed by atoms with Crippen molar-refractivity contribution in [1.29, 1.82) is 0 Å². The van der Waals surface area contributed by atoms with Crippen LogP contribution in [0, 0.1) is 11.3 Å². The van der Waals surface area contributed by atoms with Gasteiger partial charge in [-0.3, -0.25) is 4.79 Å². The normalized spacial score (nSPS) is 11.9. The van der Waals surface area contributed by atoms with Crippen LogP contribution in [0.4, 0.5) is 0 Å². The number of aliphatic hydroxyl groups excluding tert-OH is 3. The largest absolute Gasteiger partial charge is 0.465 e. The lowest BCUT2D eigenvalue weighted by Crippen LogP contribution is -2.39. The van der Waals surface area contributed by atoms with Gasteiger partial charge in [0.15, 0.2) is 0 Å². The van der Waals surface area contributed by atoms with E-state index in [2.05, 4.69) is 13.8 Å². The number of unbranched alkanes of at least 4 members (excludes halogenated alkanes) is 9. The van der Waals surface area contributed by atoms with Crippen LogP contribution in [0.2, 0.25) is 0 Å². The Morgan fingerprint density at radius 2 is 1.19 bits per heavy atom. The fraction of sp³-hybridized carbons (Fsp3) is 0.952. The van der Waals surface area contributed by atoms with Crippen molar-refractivity contribution in [2.75, 3.05) is 26.4 Å². The smallest absolute Gasteiger partial charge is 0.305 e. The quantitative estimate of drug-likeness (QED) is 0.251. The molecule has 0 amide bonds. The molecular formula is C21H42O5. The molecule has 0 bridgehead atoms. The number of hydrogen-bond acceptors (Lipinski definition) is 5. The van der Waals surface area contributed by atoms with Crippen LogP contribution in [0.15, 0.2) is 0 Å². The summed E-state index contributed by atoms with van der Waals surface area (Å²) < 4.78 is 5.07. The maximum Gasteiger partial charge on any atom is 0.305 e. The van der Waals surface area contributed by atoms with Crippen molar-refractivity contribution in [1.82, 2.24) is 0 Å². The zero-order valence-corrected chi connectivity index (χ0v) is 17.0. The van der Waals surface area contributed by atoms with Crippen molar-refractivity contribution >= 4 is 5.97 Å². The van der Waals surface area contributed by atoms with Gasteiger partial charge in [0, 0.05) is 6.42 Å². The van der Waals surface area contributed by atoms with Crippen LogP contribution in [0.3, 0.4) is 0 Å². The van der Waals surface area contributed by atoms with Crippen LogP contribution in [0.5, 0.6) is 0 Å². The second-order valence-corrected chi connectivity index (χ2v) is 8.10. The lowest BCUT2D eigenvalue weighted by molar-refractivity contribution is -0.151. The Hall–Kier alpha value is -0.650. The first kappa shape index (κ1) is 25.4. The average molecular weight is 375 g/mol. The number of rotatable bonds is 18. The van der Waals surface area contributed by atoms with Crippen molar-refractivity contribution in [3.8, 4) is 0 Å². The Labute approximate surface area is 160 Å². The summed E-state index contributed by atoms with van der Waals surface area (Å²) >= 11 is 0. The van der Waals surface area contributed by atoms with Crippen molar-refractivity contribution in [2.45, 2.75) is 90.9 Å². The lowest BCUT2D eigenvalue weighted by atomic mass is 9.93. The molecule has 3 N–H and O–H groups in total. The maximum absolute atomic E-state index is 11.7. The van der Waals surface area contributed by atoms with Crippen LogP contribution < -0.4 is 0 Å². The third-order valence-corrected chi connectivity index (χ3v) is 4.96. The van der Waals surface area contributed by atoms with E-state index in [-0.39, 0.29) is 12.6 Å². The average Bonchev–Trinajstić information content (AvgIpc) is 2.64. The molecule has 0 unspecified atom stereocenters. The minimum atomic E-state index is -1.13. The molecule has 156 valence electrons. The van der Waals surface area contributed by atoms with Gasteiger partial charge in [0.25, 0.3) is 0 Å². The van der Waals surface area contributed by atoms with E-state index >= 15 is 0 Å². The molecule has 0 saturated heterocycles. The van der Waals surface area contributed by atoms with Gasteiger partial charge in [-0.25, -0.2) is 0 Å². The van der Waals surface area contributed by atoms with Crippen LogP contribution >= 0.6 is 0 Å². The first-order chi connectivity index (χ1) is 12.5. The van der Waals surface area contributed by atoms with E-state index in [1.165, 1.54) is 51.4 Å². The Balaban J connectivity index is 3.43. The van der Waals surface area contributed by atoms with Crippen LogP contribution in [-0.2, 0) is 9.53 Å². The summed E-state index contributed by atoms with van der Waals surface area (Å²) in [5.74, 6) is 0.500. The summed E-state index contributed by atoms with van der Waals surface area (Å²) in [6.45, 7) is 3.19. The van der Waals surface area contributed by atoms with Crippen LogP contribution in [-0.4, -0.2) is 47.7 Å². The molecule has 0 fully saturated rings. The van der Waals surface area contributed by atoms with Gasteiger partial charge >= 0.3 is 5.97 Å². The highest BCUT2D eigenvalue weighted by Crippen LogP contribution is 2.16. The number of carbonyl (C=O) groups excluding carboxylic acids is 1. The minimum Gasteiger partial charge on any atom is -0.465 e. The van der Waals surface area contributed by atoms with Gasteiger partial charge in [0.05, 0.1) is 25.2 Å². The Morgan fingerprint density at radius 3 is 1.62 bits per heavy atom. The molecule has 0 rings (SSSR count). The summed E-state index contributed by atoms with van der Waals surface area (Å²) in [6.07, 6.45) is 13.9. The monoisotopic (exact) mass is 374 g/mol. The molecule has 0 saturated carbocycles. The van der Waals surface area contributed by atoms with Gasteiger partial charge in [0.1, 0.15) is 6.61 Å². The van der Waals surface area contributed by atoms with E-state index in [9.17, 15) is 20.1 Å². The molecule has 0 aromatic rings. The summed E-state index contributed by atoms with van der Waals surface area (Å²) in [7, 11) is 0. The third-order valence-electron chi connectivity index (χ3n) is 4.96. The van der Waals surface area contributed by atoms with E-state index in [4.69, 9.17) is 4.74 Å². The topological polar surface area (TPSA) is 87.0 Å². The second kappa shape index (κ2) is 16.5. The molecule has 0 radical (unpaired) electrons. The molecule has 0 atom stereocenters. The molecule has 5 heteroatoms. The predicted molar refractivity (Wildman–Crippen MR) is 105 cm³/mol. The molecular weight excluding hydrogens is 332 g/mol. The summed E-state index contributed by atoms with van der Waals surface area (Å²) in [4.78, 5) is 11.7. The molecule has 0 aliphatic rings. The SMILES string of the molecule is CC(C)CCCCCCCCCCCCC(=O)OCC(CO)(CO)CO. The van der Waals surface area contributed by atoms with E-state index < -0.39 is 25.2 Å². The number of ether oxygens (including phenoxy) is 1. The van der Waals surface area contributed by atoms with Gasteiger partial charge in [-0.05, 0) is 12.3 Å². The first-order valence-corrected chi connectivity index (χ1v) is 10.5. The number of hydrogen-bond donors (Lipinski definition) is 3. The van der Waals surface area contributed by atoms with Gasteiger partial charge in [0.2, 0.25) is 0 Å². The standard InChI is InChI=1S/C21H42O5/c1-19(2)13-11-9-7-5-3-4-6-8-10-12-14-20(25)26-18-21(15-22,16-23)17-24/h19,22-24H,3-18H2,1-2H3. The summed E-state index contributed by atoms with van der Waals surface area (Å²) in [6, 6.07) is 0. The fourth-order valence-corrected chi connectivity index (χ4v) is 2.83. The highest BCUT2D eigenvalue weighted by atomic mass is 16.5. The summed E-state index contributed by atoms with van der Waals surface area (Å²) in [5, 5.41) is 27.5. The summed E-state index contributed by atoms with van der Waals surface area (Å²) in [5.41, 5.74) is -1.13. The molecule has 0 aromatic heterocycles. The predicted octanol–water partition coefficient (Wildman–Crippen LogP) is 3.83. The lowest BCUT2D eigenvalue weighted by Gasteiger charge is -2.26. The van der Waals surface area contributed by atoms with Gasteiger partial charge in [-0.1, -0.05) is 78.1 Å². The zero-order chi connectivity index (χ0) is 19.7. The highest BCUT2D eigenvalue weighted by molar-refractivity contribution is 5.69. The third kappa shape index (κ3) is 13.5. The van der Waals surface area contributed by atoms with Crippen molar-refractivity contribution < 1.29 is 24.9 Å². The molecule has 0 spiro atoms. The van der Waals surface area contributed by atoms with Crippen molar-refractivity contribution in [2.24, 2.45) is 11.3 Å². The van der Waals surface area contributed by atoms with Gasteiger partial charge < -0.3 is 20.1 Å². The Kier molecular flexibility index (Phi) is 16.1. The van der Waals surface area contributed by atoms with Crippen molar-refractivity contribution in [3.63, 3.8) is 0 Å². The molecule has 0 aliphatic heterocycles. The Bertz CT molecular complexity index is 318. The van der Waals surface area contributed by atoms with E-state index in [1.807, 2.05) is 0 Å². The maximum atomic E-state index is 11.7. The molecule has 0 heterocycles. The van der Waals surface area contributed by atoms with Gasteiger partial charge in [-0.15, -0.1) is 0 Å². The van der Waals surface area contributed by atoms with Crippen LogP contribution in [0.1, 0.15) is 90.9 Å². The first-order valence-electron chi connectivity index (χ1n) is 10.5. The number of aliphatic hydroxyl groups is 3. The Morgan fingerprint density at radius 1 is 0.769 bits per heavy atom. The van der Waals surface area contributed by atoms with Gasteiger partial charge in [-0.2, -0.15) is 0 Å². The molecule has 0 aliphatic carbocycles. The van der Waals surface area contributed by atoms with E-state index in [0.29, 0.717) is 6.42 Å². The van der Waals surface area contributed by atoms with E-state index in [1.54, 1.807) is 0 Å². The highest BCUT2D eigenvalue weighted by Gasteiger charge is 2.29. The zero-order valence-electron chi connectivity index (χ0n) is 17.0. The van der Waals surface area contributed by atoms with E-state index in [0.717, 1.165) is 25.2 Å². The fourth-order valence-electron chi connectivity index (χ4n) is 2.83. The minimum absolute atomic E-state index is 0.146. The van der Waals surface area contributed by atoms with Crippen LogP contribution in [0.25, 0.3) is 0 Å². The molecule has 5 nitrogen and oxygen atoms in total. The second-order valence-electron chi connectivity index (χ2n) is 8.10. The molecule has 26 heavy (non-hydrogen) atoms. The number of carbonyl (C=O) groups is 1. The van der Waals surface area contributed by atoms with Crippen molar-refractivity contribution in [3.05, 3.63) is 0 Å². The number of esters is 1. The molecule has 0 aromatic carbocycles.